The van der Waals surface area contributed by atoms with E-state index in [4.69, 9.17) is 14.2 Å². The van der Waals surface area contributed by atoms with Gasteiger partial charge in [0.05, 0.1) is 12.6 Å². The van der Waals surface area contributed by atoms with Crippen molar-refractivity contribution in [1.82, 2.24) is 5.32 Å². The normalized spacial score (nSPS) is 12.0. The van der Waals surface area contributed by atoms with Crippen molar-refractivity contribution >= 4 is 12.1 Å². The molecule has 0 saturated heterocycles. The van der Waals surface area contributed by atoms with E-state index in [0.29, 0.717) is 5.75 Å². The molecule has 1 N–H and O–H groups in total. The third-order valence-corrected chi connectivity index (χ3v) is 4.06. The second kappa shape index (κ2) is 9.78. The molecule has 0 spiro atoms. The van der Waals surface area contributed by atoms with Crippen molar-refractivity contribution in [2.45, 2.75) is 45.9 Å². The zero-order chi connectivity index (χ0) is 20.6. The minimum absolute atomic E-state index is 0.188. The molecule has 0 fully saturated rings. The smallest absolute Gasteiger partial charge is 0.407 e. The Labute approximate surface area is 165 Å². The number of rotatable bonds is 8. The molecule has 2 aromatic carbocycles. The van der Waals surface area contributed by atoms with Crippen LogP contribution in [0.25, 0.3) is 0 Å². The van der Waals surface area contributed by atoms with Gasteiger partial charge in [0.25, 0.3) is 0 Å². The maximum absolute atomic E-state index is 12.1. The van der Waals surface area contributed by atoms with Gasteiger partial charge in [0, 0.05) is 5.56 Å². The third-order valence-electron chi connectivity index (χ3n) is 4.06. The predicted molar refractivity (Wildman–Crippen MR) is 106 cm³/mol. The lowest BCUT2D eigenvalue weighted by atomic mass is 10.1. The number of nitrogens with one attached hydrogen (secondary N) is 1. The molecule has 0 bridgehead atoms. The lowest BCUT2D eigenvalue weighted by Gasteiger charge is -2.27. The largest absolute Gasteiger partial charge is 0.476 e. The molecule has 6 nitrogen and oxygen atoms in total. The summed E-state index contributed by atoms with van der Waals surface area (Å²) < 4.78 is 16.2. The highest BCUT2D eigenvalue weighted by molar-refractivity contribution is 5.79. The summed E-state index contributed by atoms with van der Waals surface area (Å²) in [5, 5.41) is 2.79. The van der Waals surface area contributed by atoms with Gasteiger partial charge in [-0.3, -0.25) is 0 Å². The Kier molecular flexibility index (Phi) is 7.44. The number of para-hydroxylation sites is 1. The number of carbonyl (C=O) groups is 2. The molecular weight excluding hydrogens is 358 g/mol. The van der Waals surface area contributed by atoms with Crippen LogP contribution in [0.4, 0.5) is 4.79 Å². The molecule has 0 aliphatic heterocycles. The fraction of sp³-hybridized carbons (Fsp3) is 0.364. The van der Waals surface area contributed by atoms with E-state index in [1.165, 1.54) is 0 Å². The van der Waals surface area contributed by atoms with Crippen molar-refractivity contribution in [2.75, 3.05) is 6.61 Å². The molecule has 0 radical (unpaired) electrons. The van der Waals surface area contributed by atoms with E-state index >= 15 is 0 Å². The summed E-state index contributed by atoms with van der Waals surface area (Å²) in [5.41, 5.74) is 0.487. The molecule has 2 rings (SSSR count). The van der Waals surface area contributed by atoms with Gasteiger partial charge in [0.15, 0.2) is 5.60 Å². The molecule has 0 aromatic heterocycles. The summed E-state index contributed by atoms with van der Waals surface area (Å²) in [6, 6.07) is 16.3. The lowest BCUT2D eigenvalue weighted by Crippen LogP contribution is -2.40. The van der Waals surface area contributed by atoms with Crippen LogP contribution in [-0.4, -0.2) is 24.3 Å². The van der Waals surface area contributed by atoms with E-state index in [1.54, 1.807) is 32.9 Å². The van der Waals surface area contributed by atoms with Crippen LogP contribution in [0.5, 0.6) is 5.75 Å². The minimum atomic E-state index is -1.15. The van der Waals surface area contributed by atoms with E-state index < -0.39 is 17.7 Å². The summed E-state index contributed by atoms with van der Waals surface area (Å²) in [6.45, 7) is 7.33. The van der Waals surface area contributed by atoms with Crippen LogP contribution < -0.4 is 10.1 Å². The zero-order valence-electron chi connectivity index (χ0n) is 16.7. The molecule has 0 heterocycles. The van der Waals surface area contributed by atoms with Gasteiger partial charge in [-0.05, 0) is 39.3 Å². The fourth-order valence-electron chi connectivity index (χ4n) is 2.57. The van der Waals surface area contributed by atoms with E-state index in [9.17, 15) is 9.59 Å². The summed E-state index contributed by atoms with van der Waals surface area (Å²) in [5.74, 6) is 0.0455. The van der Waals surface area contributed by atoms with Gasteiger partial charge in [-0.1, -0.05) is 48.5 Å². The number of amides is 1. The molecular formula is C22H27NO5. The van der Waals surface area contributed by atoms with Crippen molar-refractivity contribution < 1.29 is 23.8 Å². The molecule has 6 heteroatoms. The van der Waals surface area contributed by atoms with Crippen LogP contribution >= 0.6 is 0 Å². The van der Waals surface area contributed by atoms with Crippen molar-refractivity contribution in [3.05, 3.63) is 65.7 Å². The molecule has 1 unspecified atom stereocenters. The minimum Gasteiger partial charge on any atom is -0.476 e. The Morgan fingerprint density at radius 1 is 1.00 bits per heavy atom. The Balaban J connectivity index is 2.02. The molecule has 0 aliphatic rings. The van der Waals surface area contributed by atoms with Gasteiger partial charge in [0.2, 0.25) is 0 Å². The number of hydrogen-bond acceptors (Lipinski definition) is 5. The number of carbonyl (C=O) groups excluding carboxylic acids is 2. The maximum atomic E-state index is 12.1. The molecule has 1 atom stereocenters. The predicted octanol–water partition coefficient (Wildman–Crippen LogP) is 4.39. The molecule has 150 valence electrons. The first-order chi connectivity index (χ1) is 13.3. The van der Waals surface area contributed by atoms with Crippen LogP contribution in [0.2, 0.25) is 0 Å². The SMILES string of the molecule is CCOC(=O)C(C)(C)Oc1ccccc1C(C)NC(=O)OCc1ccccc1. The van der Waals surface area contributed by atoms with Crippen molar-refractivity contribution in [1.29, 1.82) is 0 Å². The fourth-order valence-corrected chi connectivity index (χ4v) is 2.57. The third kappa shape index (κ3) is 6.01. The van der Waals surface area contributed by atoms with E-state index in [0.717, 1.165) is 11.1 Å². The van der Waals surface area contributed by atoms with Gasteiger partial charge >= 0.3 is 12.1 Å². The van der Waals surface area contributed by atoms with Gasteiger partial charge in [-0.2, -0.15) is 0 Å². The van der Waals surface area contributed by atoms with Crippen LogP contribution in [0.1, 0.15) is 44.9 Å². The van der Waals surface area contributed by atoms with Gasteiger partial charge in [-0.25, -0.2) is 9.59 Å². The van der Waals surface area contributed by atoms with Crippen molar-refractivity contribution in [3.63, 3.8) is 0 Å². The number of benzene rings is 2. The second-order valence-electron chi connectivity index (χ2n) is 6.80. The average Bonchev–Trinajstić information content (AvgIpc) is 2.67. The summed E-state index contributed by atoms with van der Waals surface area (Å²) in [4.78, 5) is 24.3. The lowest BCUT2D eigenvalue weighted by molar-refractivity contribution is -0.158. The van der Waals surface area contributed by atoms with Gasteiger partial charge in [-0.15, -0.1) is 0 Å². The van der Waals surface area contributed by atoms with Crippen molar-refractivity contribution in [2.24, 2.45) is 0 Å². The Morgan fingerprint density at radius 3 is 2.32 bits per heavy atom. The maximum Gasteiger partial charge on any atom is 0.407 e. The highest BCUT2D eigenvalue weighted by Gasteiger charge is 2.32. The molecule has 1 amide bonds. The quantitative estimate of drug-likeness (QED) is 0.682. The first-order valence-electron chi connectivity index (χ1n) is 9.26. The summed E-state index contributed by atoms with van der Waals surface area (Å²) in [7, 11) is 0. The number of ether oxygens (including phenoxy) is 3. The first-order valence-corrected chi connectivity index (χ1v) is 9.26. The number of esters is 1. The van der Waals surface area contributed by atoms with Crippen LogP contribution in [-0.2, 0) is 20.9 Å². The van der Waals surface area contributed by atoms with Crippen LogP contribution in [0.3, 0.4) is 0 Å². The topological polar surface area (TPSA) is 73.9 Å². The Bertz CT molecular complexity index is 789. The van der Waals surface area contributed by atoms with Gasteiger partial charge in [0.1, 0.15) is 12.4 Å². The Morgan fingerprint density at radius 2 is 1.64 bits per heavy atom. The molecule has 2 aromatic rings. The zero-order valence-corrected chi connectivity index (χ0v) is 16.7. The van der Waals surface area contributed by atoms with Crippen LogP contribution in [0.15, 0.2) is 54.6 Å². The Hall–Kier alpha value is -3.02. The average molecular weight is 385 g/mol. The van der Waals surface area contributed by atoms with Crippen LogP contribution in [0, 0.1) is 0 Å². The highest BCUT2D eigenvalue weighted by Crippen LogP contribution is 2.28. The van der Waals surface area contributed by atoms with E-state index in [-0.39, 0.29) is 19.3 Å². The standard InChI is InChI=1S/C22H27NO5/c1-5-26-20(24)22(3,4)28-19-14-10-9-13-18(19)16(2)23-21(25)27-15-17-11-7-6-8-12-17/h6-14,16H,5,15H2,1-4H3,(H,23,25). The molecule has 0 saturated carbocycles. The second-order valence-corrected chi connectivity index (χ2v) is 6.80. The molecule has 28 heavy (non-hydrogen) atoms. The highest BCUT2D eigenvalue weighted by atomic mass is 16.6. The van der Waals surface area contributed by atoms with E-state index in [1.807, 2.05) is 49.4 Å². The number of hydrogen-bond donors (Lipinski definition) is 1. The number of alkyl carbamates (subject to hydrolysis) is 1. The monoisotopic (exact) mass is 385 g/mol. The van der Waals surface area contributed by atoms with Gasteiger partial charge < -0.3 is 19.5 Å². The first kappa shape index (κ1) is 21.3. The van der Waals surface area contributed by atoms with Crippen molar-refractivity contribution in [3.8, 4) is 5.75 Å². The molecule has 0 aliphatic carbocycles. The summed E-state index contributed by atoms with van der Waals surface area (Å²) in [6.07, 6.45) is -0.532. The summed E-state index contributed by atoms with van der Waals surface area (Å²) >= 11 is 0. The van der Waals surface area contributed by atoms with E-state index in [2.05, 4.69) is 5.32 Å².